The molecule has 0 fully saturated rings. The van der Waals surface area contributed by atoms with Crippen LogP contribution in [0.3, 0.4) is 0 Å². The lowest BCUT2D eigenvalue weighted by Crippen LogP contribution is -2.35. The lowest BCUT2D eigenvalue weighted by molar-refractivity contribution is 0.0688. The van der Waals surface area contributed by atoms with Crippen molar-refractivity contribution in [2.24, 2.45) is 0 Å². The molecular formula is C20H25N5O2. The molecule has 1 aliphatic carbocycles. The summed E-state index contributed by atoms with van der Waals surface area (Å²) in [5.41, 5.74) is 4.37. The molecule has 7 nitrogen and oxygen atoms in total. The maximum atomic E-state index is 11.6. The van der Waals surface area contributed by atoms with E-state index in [9.17, 15) is 9.90 Å². The van der Waals surface area contributed by atoms with E-state index < -0.39 is 5.97 Å². The highest BCUT2D eigenvalue weighted by Gasteiger charge is 2.28. The standard InChI is InChI=1S/C20H25N5O2/c1-3-24-17-8-6-5-7-14(17)16(22-24)12-21-13-9-10-18-15(11-13)19(20(26)27)23-25(18)4-2/h5-8,13,21H,3-4,9-12H2,1-2H3,(H,26,27)/t13-/m1/s1. The van der Waals surface area contributed by atoms with Crippen LogP contribution in [0.15, 0.2) is 24.3 Å². The van der Waals surface area contributed by atoms with Crippen molar-refractivity contribution < 1.29 is 9.90 Å². The summed E-state index contributed by atoms with van der Waals surface area (Å²) in [5, 5.41) is 23.3. The van der Waals surface area contributed by atoms with Crippen LogP contribution in [0, 0.1) is 0 Å². The van der Waals surface area contributed by atoms with Crippen LogP contribution in [-0.2, 0) is 32.5 Å². The molecule has 0 amide bonds. The third-order valence-corrected chi connectivity index (χ3v) is 5.44. The Balaban J connectivity index is 1.53. The number of carbonyl (C=O) groups is 1. The van der Waals surface area contributed by atoms with Crippen LogP contribution in [0.25, 0.3) is 10.9 Å². The van der Waals surface area contributed by atoms with Crippen molar-refractivity contribution in [1.82, 2.24) is 24.9 Å². The zero-order valence-corrected chi connectivity index (χ0v) is 15.8. The Hall–Kier alpha value is -2.67. The molecule has 2 heterocycles. The number of fused-ring (bicyclic) bond motifs is 2. The second-order valence-corrected chi connectivity index (χ2v) is 6.99. The maximum Gasteiger partial charge on any atom is 0.356 e. The first-order chi connectivity index (χ1) is 13.1. The highest BCUT2D eigenvalue weighted by Crippen LogP contribution is 2.26. The Morgan fingerprint density at radius 1 is 1.22 bits per heavy atom. The topological polar surface area (TPSA) is 85.0 Å². The van der Waals surface area contributed by atoms with Crippen molar-refractivity contribution >= 4 is 16.9 Å². The van der Waals surface area contributed by atoms with E-state index in [4.69, 9.17) is 5.10 Å². The van der Waals surface area contributed by atoms with Crippen LogP contribution in [-0.4, -0.2) is 36.7 Å². The quantitative estimate of drug-likeness (QED) is 0.700. The second kappa shape index (κ2) is 7.15. The van der Waals surface area contributed by atoms with Gasteiger partial charge >= 0.3 is 5.97 Å². The van der Waals surface area contributed by atoms with E-state index in [1.807, 2.05) is 28.4 Å². The molecule has 7 heteroatoms. The number of carboxylic acids is 1. The van der Waals surface area contributed by atoms with Crippen molar-refractivity contribution in [3.8, 4) is 0 Å². The minimum atomic E-state index is -0.938. The number of nitrogens with zero attached hydrogens (tertiary/aromatic N) is 4. The van der Waals surface area contributed by atoms with E-state index in [1.54, 1.807) is 0 Å². The molecular weight excluding hydrogens is 342 g/mol. The average Bonchev–Trinajstić information content (AvgIpc) is 3.24. The minimum absolute atomic E-state index is 0.207. The number of benzene rings is 1. The Labute approximate surface area is 158 Å². The van der Waals surface area contributed by atoms with Crippen LogP contribution in [0.1, 0.15) is 47.7 Å². The zero-order chi connectivity index (χ0) is 19.0. The van der Waals surface area contributed by atoms with Gasteiger partial charge in [-0.25, -0.2) is 4.79 Å². The Morgan fingerprint density at radius 2 is 2.00 bits per heavy atom. The summed E-state index contributed by atoms with van der Waals surface area (Å²) in [4.78, 5) is 11.6. The summed E-state index contributed by atoms with van der Waals surface area (Å²) in [7, 11) is 0. The number of hydrogen-bond donors (Lipinski definition) is 2. The van der Waals surface area contributed by atoms with E-state index in [0.717, 1.165) is 41.9 Å². The van der Waals surface area contributed by atoms with Crippen molar-refractivity contribution in [2.45, 2.75) is 58.8 Å². The third-order valence-electron chi connectivity index (χ3n) is 5.44. The number of nitrogens with one attached hydrogen (secondary N) is 1. The average molecular weight is 367 g/mol. The fourth-order valence-electron chi connectivity index (χ4n) is 4.10. The monoisotopic (exact) mass is 367 g/mol. The summed E-state index contributed by atoms with van der Waals surface area (Å²) in [6, 6.07) is 8.52. The molecule has 2 N–H and O–H groups in total. The van der Waals surface area contributed by atoms with E-state index in [1.165, 1.54) is 5.39 Å². The van der Waals surface area contributed by atoms with Gasteiger partial charge in [-0.15, -0.1) is 0 Å². The molecule has 1 atom stereocenters. The Morgan fingerprint density at radius 3 is 2.74 bits per heavy atom. The molecule has 0 bridgehead atoms. The molecule has 0 unspecified atom stereocenters. The maximum absolute atomic E-state index is 11.6. The molecule has 0 aliphatic heterocycles. The number of aryl methyl sites for hydroxylation is 2. The van der Waals surface area contributed by atoms with Gasteiger partial charge in [-0.3, -0.25) is 9.36 Å². The highest BCUT2D eigenvalue weighted by atomic mass is 16.4. The molecule has 27 heavy (non-hydrogen) atoms. The van der Waals surface area contributed by atoms with Gasteiger partial charge in [0, 0.05) is 42.3 Å². The lowest BCUT2D eigenvalue weighted by atomic mass is 9.91. The van der Waals surface area contributed by atoms with E-state index in [0.29, 0.717) is 19.5 Å². The molecule has 0 spiro atoms. The van der Waals surface area contributed by atoms with Crippen LogP contribution < -0.4 is 5.32 Å². The molecule has 142 valence electrons. The molecule has 0 saturated carbocycles. The van der Waals surface area contributed by atoms with Crippen LogP contribution in [0.5, 0.6) is 0 Å². The zero-order valence-electron chi connectivity index (χ0n) is 15.8. The summed E-state index contributed by atoms with van der Waals surface area (Å²) in [6.45, 7) is 6.31. The van der Waals surface area contributed by atoms with Crippen molar-refractivity contribution in [1.29, 1.82) is 0 Å². The predicted molar refractivity (Wildman–Crippen MR) is 103 cm³/mol. The molecule has 2 aromatic heterocycles. The fraction of sp³-hybridized carbons (Fsp3) is 0.450. The number of para-hydroxylation sites is 1. The molecule has 1 aromatic carbocycles. The van der Waals surface area contributed by atoms with Crippen LogP contribution in [0.2, 0.25) is 0 Å². The van der Waals surface area contributed by atoms with Gasteiger partial charge in [0.05, 0.1) is 11.2 Å². The molecule has 0 radical (unpaired) electrons. The lowest BCUT2D eigenvalue weighted by Gasteiger charge is -2.24. The molecule has 4 rings (SSSR count). The van der Waals surface area contributed by atoms with Gasteiger partial charge in [-0.2, -0.15) is 10.2 Å². The summed E-state index contributed by atoms with van der Waals surface area (Å²) < 4.78 is 3.87. The van der Waals surface area contributed by atoms with Gasteiger partial charge in [0.15, 0.2) is 5.69 Å². The number of rotatable bonds is 6. The van der Waals surface area contributed by atoms with Gasteiger partial charge in [0.2, 0.25) is 0 Å². The largest absolute Gasteiger partial charge is 0.476 e. The van der Waals surface area contributed by atoms with Gasteiger partial charge in [-0.05, 0) is 39.2 Å². The summed E-state index contributed by atoms with van der Waals surface area (Å²) in [5.74, 6) is -0.938. The number of carboxylic acid groups (broad SMARTS) is 1. The molecule has 1 aliphatic rings. The molecule has 0 saturated heterocycles. The first-order valence-corrected chi connectivity index (χ1v) is 9.62. The van der Waals surface area contributed by atoms with E-state index >= 15 is 0 Å². The first-order valence-electron chi connectivity index (χ1n) is 9.62. The Kier molecular flexibility index (Phi) is 4.70. The Bertz CT molecular complexity index is 988. The fourth-order valence-corrected chi connectivity index (χ4v) is 4.10. The van der Waals surface area contributed by atoms with Gasteiger partial charge in [-0.1, -0.05) is 18.2 Å². The third kappa shape index (κ3) is 3.12. The van der Waals surface area contributed by atoms with Gasteiger partial charge in [0.1, 0.15) is 0 Å². The number of hydrogen-bond acceptors (Lipinski definition) is 4. The van der Waals surface area contributed by atoms with Gasteiger partial charge in [0.25, 0.3) is 0 Å². The van der Waals surface area contributed by atoms with E-state index in [2.05, 4.69) is 29.5 Å². The van der Waals surface area contributed by atoms with Crippen molar-refractivity contribution in [3.05, 3.63) is 46.9 Å². The first kappa shape index (κ1) is 17.7. The van der Waals surface area contributed by atoms with Crippen molar-refractivity contribution in [2.75, 3.05) is 0 Å². The van der Waals surface area contributed by atoms with E-state index in [-0.39, 0.29) is 11.7 Å². The predicted octanol–water partition coefficient (Wildman–Crippen LogP) is 2.62. The summed E-state index contributed by atoms with van der Waals surface area (Å²) >= 11 is 0. The second-order valence-electron chi connectivity index (χ2n) is 6.99. The minimum Gasteiger partial charge on any atom is -0.476 e. The van der Waals surface area contributed by atoms with Crippen LogP contribution in [0.4, 0.5) is 0 Å². The van der Waals surface area contributed by atoms with Crippen molar-refractivity contribution in [3.63, 3.8) is 0 Å². The number of aromatic carboxylic acids is 1. The number of aromatic nitrogens is 4. The smallest absolute Gasteiger partial charge is 0.356 e. The highest BCUT2D eigenvalue weighted by molar-refractivity contribution is 5.87. The molecule has 3 aromatic rings. The normalized spacial score (nSPS) is 16.6. The SMILES string of the molecule is CCn1nc(C(=O)O)c2c1CC[C@@H](NCc1nn(CC)c3ccccc13)C2. The van der Waals surface area contributed by atoms with Crippen LogP contribution >= 0.6 is 0 Å². The van der Waals surface area contributed by atoms with Gasteiger partial charge < -0.3 is 10.4 Å². The summed E-state index contributed by atoms with van der Waals surface area (Å²) in [6.07, 6.45) is 2.53.